The molecule has 0 radical (unpaired) electrons. The average Bonchev–Trinajstić information content (AvgIpc) is 2.47. The number of methoxy groups -OCH3 is 1. The van der Waals surface area contributed by atoms with Gasteiger partial charge in [0.15, 0.2) is 5.82 Å². The Hall–Kier alpha value is -2.21. The van der Waals surface area contributed by atoms with Gasteiger partial charge in [-0.2, -0.15) is 0 Å². The summed E-state index contributed by atoms with van der Waals surface area (Å²) in [4.78, 5) is 10.7. The van der Waals surface area contributed by atoms with Gasteiger partial charge in [-0.05, 0) is 17.7 Å². The van der Waals surface area contributed by atoms with Gasteiger partial charge in [-0.3, -0.25) is 0 Å². The van der Waals surface area contributed by atoms with Crippen LogP contribution in [0.4, 0.5) is 16.0 Å². The van der Waals surface area contributed by atoms with E-state index in [9.17, 15) is 4.39 Å². The molecule has 0 saturated heterocycles. The summed E-state index contributed by atoms with van der Waals surface area (Å²) in [6.07, 6.45) is 0. The number of aromatic nitrogens is 2. The smallest absolute Gasteiger partial charge is 0.158 e. The minimum absolute atomic E-state index is 0.237. The van der Waals surface area contributed by atoms with Gasteiger partial charge in [0.1, 0.15) is 24.1 Å². The molecule has 0 aliphatic rings. The van der Waals surface area contributed by atoms with Crippen LogP contribution in [0.3, 0.4) is 0 Å². The first-order valence-electron chi connectivity index (χ1n) is 6.62. The van der Waals surface area contributed by atoms with Crippen LogP contribution in [0.1, 0.15) is 11.4 Å². The zero-order chi connectivity index (χ0) is 15.2. The fourth-order valence-corrected chi connectivity index (χ4v) is 1.99. The second-order valence-electron chi connectivity index (χ2n) is 4.70. The quantitative estimate of drug-likeness (QED) is 0.885. The lowest BCUT2D eigenvalue weighted by Crippen LogP contribution is -2.19. The number of halogens is 1. The van der Waals surface area contributed by atoms with Crippen molar-refractivity contribution >= 4 is 11.6 Å². The van der Waals surface area contributed by atoms with Crippen molar-refractivity contribution in [3.05, 3.63) is 47.5 Å². The number of hydrogen-bond acceptors (Lipinski definition) is 5. The Labute approximate surface area is 123 Å². The van der Waals surface area contributed by atoms with E-state index in [4.69, 9.17) is 4.74 Å². The average molecular weight is 290 g/mol. The molecule has 21 heavy (non-hydrogen) atoms. The third-order valence-electron chi connectivity index (χ3n) is 2.99. The molecule has 5 nitrogen and oxygen atoms in total. The highest BCUT2D eigenvalue weighted by atomic mass is 19.1. The zero-order valence-corrected chi connectivity index (χ0v) is 12.4. The van der Waals surface area contributed by atoms with Crippen molar-refractivity contribution in [1.29, 1.82) is 0 Å². The summed E-state index contributed by atoms with van der Waals surface area (Å²) in [6.45, 7) is 0.903. The number of anilines is 2. The second kappa shape index (κ2) is 6.99. The van der Waals surface area contributed by atoms with Crippen LogP contribution in [-0.4, -0.2) is 31.2 Å². The summed E-state index contributed by atoms with van der Waals surface area (Å²) in [5, 5.41) is 3.00. The van der Waals surface area contributed by atoms with Crippen molar-refractivity contribution in [3.8, 4) is 0 Å². The monoisotopic (exact) mass is 290 g/mol. The van der Waals surface area contributed by atoms with Crippen molar-refractivity contribution < 1.29 is 9.13 Å². The Bertz CT molecular complexity index is 606. The van der Waals surface area contributed by atoms with Crippen molar-refractivity contribution in [1.82, 2.24) is 9.97 Å². The molecule has 0 unspecified atom stereocenters. The van der Waals surface area contributed by atoms with Crippen molar-refractivity contribution in [2.45, 2.75) is 13.2 Å². The first-order valence-corrected chi connectivity index (χ1v) is 6.62. The summed E-state index contributed by atoms with van der Waals surface area (Å²) in [5.74, 6) is 1.84. The summed E-state index contributed by atoms with van der Waals surface area (Å²) in [7, 11) is 5.31. The maximum Gasteiger partial charge on any atom is 0.158 e. The van der Waals surface area contributed by atoms with Crippen molar-refractivity contribution in [2.24, 2.45) is 0 Å². The molecule has 1 N–H and O–H groups in total. The third kappa shape index (κ3) is 4.13. The standard InChI is InChI=1S/C15H19FN4O/c1-17-13-8-15(19-14(18-13)10-21-3)20(2)9-11-5-4-6-12(16)7-11/h4-8H,9-10H2,1-3H3,(H,17,18,19). The summed E-state index contributed by atoms with van der Waals surface area (Å²) < 4.78 is 18.3. The molecule has 1 aromatic heterocycles. The summed E-state index contributed by atoms with van der Waals surface area (Å²) in [6, 6.07) is 8.39. The molecule has 0 aliphatic carbocycles. The number of hydrogen-bond donors (Lipinski definition) is 1. The Morgan fingerprint density at radius 2 is 2.10 bits per heavy atom. The molecule has 6 heteroatoms. The molecular formula is C15H19FN4O. The van der Waals surface area contributed by atoms with Crippen molar-refractivity contribution in [3.63, 3.8) is 0 Å². The van der Waals surface area contributed by atoms with Gasteiger partial charge >= 0.3 is 0 Å². The molecule has 0 bridgehead atoms. The maximum atomic E-state index is 13.2. The lowest BCUT2D eigenvalue weighted by atomic mass is 10.2. The highest BCUT2D eigenvalue weighted by Crippen LogP contribution is 2.17. The van der Waals surface area contributed by atoms with E-state index < -0.39 is 0 Å². The summed E-state index contributed by atoms with van der Waals surface area (Å²) in [5.41, 5.74) is 0.885. The van der Waals surface area contributed by atoms with E-state index in [1.54, 1.807) is 20.2 Å². The largest absolute Gasteiger partial charge is 0.377 e. The topological polar surface area (TPSA) is 50.3 Å². The van der Waals surface area contributed by atoms with Gasteiger partial charge in [-0.1, -0.05) is 12.1 Å². The highest BCUT2D eigenvalue weighted by molar-refractivity contribution is 5.49. The van der Waals surface area contributed by atoms with E-state index in [-0.39, 0.29) is 5.82 Å². The van der Waals surface area contributed by atoms with Gasteiger partial charge in [0.25, 0.3) is 0 Å². The van der Waals surface area contributed by atoms with Gasteiger partial charge < -0.3 is 15.0 Å². The first-order chi connectivity index (χ1) is 10.1. The summed E-state index contributed by atoms with van der Waals surface area (Å²) >= 11 is 0. The van der Waals surface area contributed by atoms with Crippen LogP contribution in [0.5, 0.6) is 0 Å². The van der Waals surface area contributed by atoms with Crippen LogP contribution in [0.2, 0.25) is 0 Å². The number of rotatable bonds is 6. The van der Waals surface area contributed by atoms with Gasteiger partial charge in [-0.15, -0.1) is 0 Å². The van der Waals surface area contributed by atoms with E-state index in [0.29, 0.717) is 19.0 Å². The van der Waals surface area contributed by atoms with E-state index in [2.05, 4.69) is 15.3 Å². The third-order valence-corrected chi connectivity index (χ3v) is 2.99. The molecule has 1 aromatic carbocycles. The number of nitrogens with zero attached hydrogens (tertiary/aromatic N) is 3. The minimum atomic E-state index is -0.237. The molecule has 0 atom stereocenters. The molecule has 2 aromatic rings. The predicted molar refractivity (Wildman–Crippen MR) is 80.8 cm³/mol. The van der Waals surface area contributed by atoms with E-state index in [1.807, 2.05) is 24.1 Å². The predicted octanol–water partition coefficient (Wildman–Crippen LogP) is 2.44. The molecule has 2 rings (SSSR count). The highest BCUT2D eigenvalue weighted by Gasteiger charge is 2.09. The normalized spacial score (nSPS) is 10.5. The minimum Gasteiger partial charge on any atom is -0.377 e. The van der Waals surface area contributed by atoms with Crippen LogP contribution in [0, 0.1) is 5.82 Å². The van der Waals surface area contributed by atoms with Crippen molar-refractivity contribution in [2.75, 3.05) is 31.4 Å². The Kier molecular flexibility index (Phi) is 5.05. The second-order valence-corrected chi connectivity index (χ2v) is 4.70. The molecule has 1 heterocycles. The fourth-order valence-electron chi connectivity index (χ4n) is 1.99. The van der Waals surface area contributed by atoms with Crippen LogP contribution >= 0.6 is 0 Å². The van der Waals surface area contributed by atoms with Crippen LogP contribution < -0.4 is 10.2 Å². The fraction of sp³-hybridized carbons (Fsp3) is 0.333. The number of ether oxygens (including phenoxy) is 1. The van der Waals surface area contributed by atoms with Gasteiger partial charge in [0.2, 0.25) is 0 Å². The Balaban J connectivity index is 2.21. The molecule has 0 fully saturated rings. The molecular weight excluding hydrogens is 271 g/mol. The molecule has 0 aliphatic heterocycles. The lowest BCUT2D eigenvalue weighted by molar-refractivity contribution is 0.178. The lowest BCUT2D eigenvalue weighted by Gasteiger charge is -2.19. The van der Waals surface area contributed by atoms with Crippen LogP contribution in [0.25, 0.3) is 0 Å². The van der Waals surface area contributed by atoms with Gasteiger partial charge in [-0.25, -0.2) is 14.4 Å². The van der Waals surface area contributed by atoms with Crippen LogP contribution in [0.15, 0.2) is 30.3 Å². The molecule has 0 saturated carbocycles. The molecule has 112 valence electrons. The van der Waals surface area contributed by atoms with E-state index >= 15 is 0 Å². The zero-order valence-electron chi connectivity index (χ0n) is 12.4. The first kappa shape index (κ1) is 15.2. The molecule has 0 amide bonds. The van der Waals surface area contributed by atoms with E-state index in [0.717, 1.165) is 17.2 Å². The van der Waals surface area contributed by atoms with Gasteiger partial charge in [0.05, 0.1) is 0 Å². The van der Waals surface area contributed by atoms with Crippen LogP contribution in [-0.2, 0) is 17.9 Å². The number of benzene rings is 1. The number of nitrogens with one attached hydrogen (secondary N) is 1. The maximum absolute atomic E-state index is 13.2. The molecule has 0 spiro atoms. The Morgan fingerprint density at radius 1 is 1.29 bits per heavy atom. The van der Waals surface area contributed by atoms with Gasteiger partial charge in [0, 0.05) is 33.8 Å². The SMILES string of the molecule is CNc1cc(N(C)Cc2cccc(F)c2)nc(COC)n1. The van der Waals surface area contributed by atoms with E-state index in [1.165, 1.54) is 12.1 Å². The Morgan fingerprint density at radius 3 is 2.76 bits per heavy atom.